The number of hydrogen-bond donors (Lipinski definition) is 1. The number of rotatable bonds is 7. The van der Waals surface area contributed by atoms with E-state index in [1.54, 1.807) is 6.20 Å². The molecule has 1 aliphatic heterocycles. The minimum atomic E-state index is -0.732. The number of carbonyl (C=O) groups excluding carboxylic acids is 1. The number of benzene rings is 1. The van der Waals surface area contributed by atoms with Crippen LogP contribution >= 0.6 is 0 Å². The molecule has 1 fully saturated rings. The Kier molecular flexibility index (Phi) is 6.61. The number of hydrogen-bond acceptors (Lipinski definition) is 8. The monoisotopic (exact) mass is 433 g/mol. The second-order valence-electron chi connectivity index (χ2n) is 8.06. The van der Waals surface area contributed by atoms with Gasteiger partial charge >= 0.3 is 0 Å². The van der Waals surface area contributed by atoms with Crippen LogP contribution in [0.1, 0.15) is 35.9 Å². The number of anilines is 1. The van der Waals surface area contributed by atoms with Crippen LogP contribution in [0.2, 0.25) is 0 Å². The van der Waals surface area contributed by atoms with Crippen molar-refractivity contribution in [3.63, 3.8) is 0 Å². The fourth-order valence-corrected chi connectivity index (χ4v) is 3.73. The molecule has 1 saturated heterocycles. The predicted molar refractivity (Wildman–Crippen MR) is 120 cm³/mol. The SMILES string of the molecule is Cc1cnc(NCCCC(=O)N2CCN(C)CC2)nc1C(C#N)c1nc2ccccc2o1. The Morgan fingerprint density at radius 1 is 1.25 bits per heavy atom. The Hall–Kier alpha value is -3.51. The second-order valence-corrected chi connectivity index (χ2v) is 8.06. The third-order valence-corrected chi connectivity index (χ3v) is 5.68. The number of likely N-dealkylation sites (N-methyl/N-ethyl adjacent to an activating group) is 1. The number of aromatic nitrogens is 3. The van der Waals surface area contributed by atoms with Gasteiger partial charge in [0, 0.05) is 45.3 Å². The van der Waals surface area contributed by atoms with Crippen LogP contribution in [0, 0.1) is 18.3 Å². The van der Waals surface area contributed by atoms with Crippen molar-refractivity contribution in [3.8, 4) is 6.07 Å². The minimum absolute atomic E-state index is 0.186. The third kappa shape index (κ3) is 4.86. The molecule has 1 aliphatic rings. The fraction of sp³-hybridized carbons (Fsp3) is 0.435. The van der Waals surface area contributed by atoms with Crippen molar-refractivity contribution in [2.24, 2.45) is 0 Å². The molecule has 1 N–H and O–H groups in total. The molecule has 0 aliphatic carbocycles. The number of oxazole rings is 1. The maximum atomic E-state index is 12.4. The summed E-state index contributed by atoms with van der Waals surface area (Å²) in [6, 6.07) is 9.67. The van der Waals surface area contributed by atoms with Crippen molar-refractivity contribution < 1.29 is 9.21 Å². The van der Waals surface area contributed by atoms with Crippen molar-refractivity contribution in [2.75, 3.05) is 45.1 Å². The first kappa shape index (κ1) is 21.7. The summed E-state index contributed by atoms with van der Waals surface area (Å²) in [5.74, 6) is 0.198. The molecule has 9 heteroatoms. The lowest BCUT2D eigenvalue weighted by atomic mass is 10.0. The summed E-state index contributed by atoms with van der Waals surface area (Å²) in [5.41, 5.74) is 2.69. The van der Waals surface area contributed by atoms with Gasteiger partial charge in [0.2, 0.25) is 17.7 Å². The van der Waals surface area contributed by atoms with Crippen molar-refractivity contribution >= 4 is 23.0 Å². The molecule has 1 atom stereocenters. The first-order valence-corrected chi connectivity index (χ1v) is 10.8. The summed E-state index contributed by atoms with van der Waals surface area (Å²) in [5, 5.41) is 13.0. The predicted octanol–water partition coefficient (Wildman–Crippen LogP) is 2.55. The zero-order chi connectivity index (χ0) is 22.5. The molecule has 3 aromatic rings. The van der Waals surface area contributed by atoms with Gasteiger partial charge in [-0.25, -0.2) is 15.0 Å². The lowest BCUT2D eigenvalue weighted by Crippen LogP contribution is -2.47. The molecule has 32 heavy (non-hydrogen) atoms. The van der Waals surface area contributed by atoms with Gasteiger partial charge in [-0.2, -0.15) is 5.26 Å². The number of carbonyl (C=O) groups is 1. The van der Waals surface area contributed by atoms with E-state index in [-0.39, 0.29) is 5.91 Å². The van der Waals surface area contributed by atoms with Gasteiger partial charge in [-0.1, -0.05) is 12.1 Å². The van der Waals surface area contributed by atoms with Gasteiger partial charge in [-0.05, 0) is 38.1 Å². The van der Waals surface area contributed by atoms with Crippen LogP contribution in [0.15, 0.2) is 34.9 Å². The number of aryl methyl sites for hydroxylation is 1. The highest BCUT2D eigenvalue weighted by atomic mass is 16.3. The Morgan fingerprint density at radius 3 is 2.78 bits per heavy atom. The van der Waals surface area contributed by atoms with E-state index >= 15 is 0 Å². The molecule has 1 aromatic carbocycles. The Labute approximate surface area is 187 Å². The lowest BCUT2D eigenvalue weighted by molar-refractivity contribution is -0.132. The van der Waals surface area contributed by atoms with Gasteiger partial charge in [0.15, 0.2) is 11.5 Å². The number of piperazine rings is 1. The average Bonchev–Trinajstić information content (AvgIpc) is 3.23. The fourth-order valence-electron chi connectivity index (χ4n) is 3.73. The summed E-state index contributed by atoms with van der Waals surface area (Å²) in [6.07, 6.45) is 2.86. The zero-order valence-electron chi connectivity index (χ0n) is 18.4. The van der Waals surface area contributed by atoms with E-state index in [9.17, 15) is 10.1 Å². The first-order chi connectivity index (χ1) is 15.5. The van der Waals surface area contributed by atoms with E-state index in [0.717, 1.165) is 31.7 Å². The number of para-hydroxylation sites is 2. The van der Waals surface area contributed by atoms with E-state index in [2.05, 4.69) is 38.3 Å². The van der Waals surface area contributed by atoms with E-state index < -0.39 is 5.92 Å². The number of nitrogens with zero attached hydrogens (tertiary/aromatic N) is 6. The normalized spacial score (nSPS) is 15.5. The molecular formula is C23H27N7O2. The van der Waals surface area contributed by atoms with E-state index in [0.29, 0.717) is 48.0 Å². The summed E-state index contributed by atoms with van der Waals surface area (Å²) in [4.78, 5) is 29.9. The standard InChI is InChI=1S/C23H27N7O2/c1-16-15-26-23(25-9-5-8-20(31)30-12-10-29(2)11-13-30)28-21(16)17(14-24)22-27-18-6-3-4-7-19(18)32-22/h3-4,6-7,15,17H,5,8-13H2,1-2H3,(H,25,26,28). The van der Waals surface area contributed by atoms with Crippen molar-refractivity contribution in [2.45, 2.75) is 25.7 Å². The molecule has 4 rings (SSSR count). The highest BCUT2D eigenvalue weighted by molar-refractivity contribution is 5.76. The molecule has 0 bridgehead atoms. The van der Waals surface area contributed by atoms with Gasteiger partial charge in [0.1, 0.15) is 5.52 Å². The molecule has 1 unspecified atom stereocenters. The van der Waals surface area contributed by atoms with Gasteiger partial charge in [0.05, 0.1) is 11.8 Å². The van der Waals surface area contributed by atoms with E-state index in [1.165, 1.54) is 0 Å². The smallest absolute Gasteiger partial charge is 0.222 e. The van der Waals surface area contributed by atoms with Crippen LogP contribution in [0.4, 0.5) is 5.95 Å². The van der Waals surface area contributed by atoms with E-state index in [1.807, 2.05) is 36.1 Å². The second kappa shape index (κ2) is 9.75. The van der Waals surface area contributed by atoms with Gasteiger partial charge in [-0.15, -0.1) is 0 Å². The van der Waals surface area contributed by atoms with Crippen LogP contribution in [0.5, 0.6) is 0 Å². The van der Waals surface area contributed by atoms with Crippen molar-refractivity contribution in [1.29, 1.82) is 5.26 Å². The van der Waals surface area contributed by atoms with Gasteiger partial charge < -0.3 is 19.5 Å². The van der Waals surface area contributed by atoms with Crippen LogP contribution < -0.4 is 5.32 Å². The maximum absolute atomic E-state index is 12.4. The molecule has 3 heterocycles. The Balaban J connectivity index is 1.38. The summed E-state index contributed by atoms with van der Waals surface area (Å²) < 4.78 is 5.80. The third-order valence-electron chi connectivity index (χ3n) is 5.68. The quantitative estimate of drug-likeness (QED) is 0.566. The van der Waals surface area contributed by atoms with E-state index in [4.69, 9.17) is 4.42 Å². The Bertz CT molecular complexity index is 1100. The van der Waals surface area contributed by atoms with Gasteiger partial charge in [0.25, 0.3) is 0 Å². The summed E-state index contributed by atoms with van der Waals surface area (Å²) in [6.45, 7) is 5.86. The molecule has 0 saturated carbocycles. The minimum Gasteiger partial charge on any atom is -0.439 e. The molecule has 1 amide bonds. The van der Waals surface area contributed by atoms with Crippen LogP contribution in [-0.4, -0.2) is 70.4 Å². The molecule has 0 spiro atoms. The molecule has 2 aromatic heterocycles. The van der Waals surface area contributed by atoms with Crippen LogP contribution in [0.25, 0.3) is 11.1 Å². The topological polar surface area (TPSA) is 111 Å². The summed E-state index contributed by atoms with van der Waals surface area (Å²) in [7, 11) is 2.07. The highest BCUT2D eigenvalue weighted by Crippen LogP contribution is 2.28. The largest absolute Gasteiger partial charge is 0.439 e. The Morgan fingerprint density at radius 2 is 2.03 bits per heavy atom. The van der Waals surface area contributed by atoms with Crippen LogP contribution in [-0.2, 0) is 4.79 Å². The maximum Gasteiger partial charge on any atom is 0.222 e. The average molecular weight is 434 g/mol. The molecule has 0 radical (unpaired) electrons. The number of amides is 1. The highest BCUT2D eigenvalue weighted by Gasteiger charge is 2.24. The molecular weight excluding hydrogens is 406 g/mol. The number of fused-ring (bicyclic) bond motifs is 1. The first-order valence-electron chi connectivity index (χ1n) is 10.8. The lowest BCUT2D eigenvalue weighted by Gasteiger charge is -2.32. The van der Waals surface area contributed by atoms with Gasteiger partial charge in [-0.3, -0.25) is 4.79 Å². The number of nitriles is 1. The van der Waals surface area contributed by atoms with Crippen molar-refractivity contribution in [3.05, 3.63) is 47.6 Å². The molecule has 9 nitrogen and oxygen atoms in total. The summed E-state index contributed by atoms with van der Waals surface area (Å²) >= 11 is 0. The number of nitrogens with one attached hydrogen (secondary N) is 1. The molecule has 166 valence electrons. The van der Waals surface area contributed by atoms with Crippen molar-refractivity contribution in [1.82, 2.24) is 24.8 Å². The zero-order valence-corrected chi connectivity index (χ0v) is 18.4. The van der Waals surface area contributed by atoms with Crippen LogP contribution in [0.3, 0.4) is 0 Å².